The predicted molar refractivity (Wildman–Crippen MR) is 230 cm³/mol. The third-order valence-electron chi connectivity index (χ3n) is 9.07. The maximum atomic E-state index is 12.4. The lowest BCUT2D eigenvalue weighted by Crippen LogP contribution is -2.45. The van der Waals surface area contributed by atoms with Gasteiger partial charge in [0.25, 0.3) is 0 Å². The van der Waals surface area contributed by atoms with Gasteiger partial charge in [0.15, 0.2) is 0 Å². The molecule has 0 spiro atoms. The number of carbonyl (C=O) groups is 1. The smallest absolute Gasteiger partial charge is 0.220 e. The Morgan fingerprint density at radius 2 is 0.846 bits per heavy atom. The van der Waals surface area contributed by atoms with Crippen LogP contribution in [0.15, 0.2) is 97.2 Å². The molecule has 0 aromatic carbocycles. The van der Waals surface area contributed by atoms with Crippen molar-refractivity contribution in [1.29, 1.82) is 0 Å². The summed E-state index contributed by atoms with van der Waals surface area (Å²) in [7, 11) is 0. The summed E-state index contributed by atoms with van der Waals surface area (Å²) in [5.74, 6) is -0.101. The minimum absolute atomic E-state index is 0.101. The van der Waals surface area contributed by atoms with Gasteiger partial charge < -0.3 is 15.5 Å². The summed E-state index contributed by atoms with van der Waals surface area (Å²) in [6.45, 7) is 4.16. The lowest BCUT2D eigenvalue weighted by atomic mass is 10.0. The van der Waals surface area contributed by atoms with Crippen LogP contribution in [0.2, 0.25) is 0 Å². The third-order valence-corrected chi connectivity index (χ3v) is 9.07. The molecule has 4 nitrogen and oxygen atoms in total. The van der Waals surface area contributed by atoms with Gasteiger partial charge in [0.1, 0.15) is 0 Å². The SMILES string of the molecule is CC/C=C\C/C=C\C/C=C\C/C=C\C/C=C\C/C=C\C/C=C\CCCCCC(=O)NC(CO)C(O)/C=C/CCCCCCCCCCCCCCC. The first-order chi connectivity index (χ1) is 25.7. The first-order valence-electron chi connectivity index (χ1n) is 21.5. The second kappa shape index (κ2) is 42.7. The van der Waals surface area contributed by atoms with Crippen LogP contribution in [0.4, 0.5) is 0 Å². The minimum Gasteiger partial charge on any atom is -0.394 e. The highest BCUT2D eigenvalue weighted by Crippen LogP contribution is 2.13. The molecule has 296 valence electrons. The van der Waals surface area contributed by atoms with E-state index in [0.717, 1.165) is 83.5 Å². The molecule has 0 bridgehead atoms. The first kappa shape index (κ1) is 49.3. The molecule has 0 aromatic heterocycles. The number of hydrogen-bond acceptors (Lipinski definition) is 3. The van der Waals surface area contributed by atoms with E-state index in [-0.39, 0.29) is 12.5 Å². The summed E-state index contributed by atoms with van der Waals surface area (Å²) in [4.78, 5) is 12.4. The Balaban J connectivity index is 3.74. The van der Waals surface area contributed by atoms with Crippen LogP contribution in [0.3, 0.4) is 0 Å². The fourth-order valence-corrected chi connectivity index (χ4v) is 5.80. The van der Waals surface area contributed by atoms with Gasteiger partial charge in [-0.25, -0.2) is 0 Å². The van der Waals surface area contributed by atoms with E-state index < -0.39 is 12.1 Å². The van der Waals surface area contributed by atoms with Gasteiger partial charge in [-0.05, 0) is 77.0 Å². The number of amides is 1. The molecule has 2 unspecified atom stereocenters. The second-order valence-corrected chi connectivity index (χ2v) is 14.0. The molecular formula is C48H81NO3. The molecule has 0 rings (SSSR count). The average molecular weight is 720 g/mol. The lowest BCUT2D eigenvalue weighted by molar-refractivity contribution is -0.123. The maximum absolute atomic E-state index is 12.4. The Labute approximate surface area is 322 Å². The van der Waals surface area contributed by atoms with Crippen LogP contribution in [-0.2, 0) is 4.79 Å². The largest absolute Gasteiger partial charge is 0.394 e. The molecule has 52 heavy (non-hydrogen) atoms. The summed E-state index contributed by atoms with van der Waals surface area (Å²) in [6, 6.07) is -0.646. The van der Waals surface area contributed by atoms with E-state index in [1.54, 1.807) is 6.08 Å². The zero-order chi connectivity index (χ0) is 37.8. The van der Waals surface area contributed by atoms with Gasteiger partial charge in [0.05, 0.1) is 18.8 Å². The molecule has 0 heterocycles. The van der Waals surface area contributed by atoms with Gasteiger partial charge in [-0.15, -0.1) is 0 Å². The molecular weight excluding hydrogens is 639 g/mol. The molecule has 0 fully saturated rings. The van der Waals surface area contributed by atoms with Crippen molar-refractivity contribution in [3.05, 3.63) is 97.2 Å². The molecule has 0 aliphatic heterocycles. The summed E-state index contributed by atoms with van der Waals surface area (Å²) >= 11 is 0. The highest BCUT2D eigenvalue weighted by Gasteiger charge is 2.17. The van der Waals surface area contributed by atoms with Gasteiger partial charge in [-0.3, -0.25) is 4.79 Å². The molecule has 1 amide bonds. The first-order valence-corrected chi connectivity index (χ1v) is 21.5. The van der Waals surface area contributed by atoms with E-state index in [1.165, 1.54) is 77.0 Å². The number of nitrogens with one attached hydrogen (secondary N) is 1. The molecule has 0 radical (unpaired) electrons. The van der Waals surface area contributed by atoms with Crippen molar-refractivity contribution >= 4 is 5.91 Å². The number of carbonyl (C=O) groups excluding carboxylic acids is 1. The monoisotopic (exact) mass is 720 g/mol. The van der Waals surface area contributed by atoms with Crippen LogP contribution < -0.4 is 5.32 Å². The molecule has 4 heteroatoms. The predicted octanol–water partition coefficient (Wildman–Crippen LogP) is 13.5. The molecule has 0 saturated carbocycles. The van der Waals surface area contributed by atoms with Crippen LogP contribution >= 0.6 is 0 Å². The highest BCUT2D eigenvalue weighted by atomic mass is 16.3. The molecule has 3 N–H and O–H groups in total. The molecule has 0 aromatic rings. The van der Waals surface area contributed by atoms with Crippen molar-refractivity contribution in [2.75, 3.05) is 6.61 Å². The fraction of sp³-hybridized carbons (Fsp3) is 0.646. The molecule has 0 aliphatic rings. The van der Waals surface area contributed by atoms with E-state index in [0.29, 0.717) is 6.42 Å². The van der Waals surface area contributed by atoms with Crippen molar-refractivity contribution < 1.29 is 15.0 Å². The molecule has 0 aliphatic carbocycles. The number of aliphatic hydroxyl groups excluding tert-OH is 2. The highest BCUT2D eigenvalue weighted by molar-refractivity contribution is 5.76. The van der Waals surface area contributed by atoms with Crippen LogP contribution in [0, 0.1) is 0 Å². The summed E-state index contributed by atoms with van der Waals surface area (Å²) < 4.78 is 0. The number of hydrogen-bond donors (Lipinski definition) is 3. The van der Waals surface area contributed by atoms with Crippen LogP contribution in [-0.4, -0.2) is 34.9 Å². The Kier molecular flexibility index (Phi) is 40.5. The third kappa shape index (κ3) is 38.5. The van der Waals surface area contributed by atoms with Crippen molar-refractivity contribution in [2.24, 2.45) is 0 Å². The quantitative estimate of drug-likeness (QED) is 0.0442. The number of allylic oxidation sites excluding steroid dienone is 15. The summed E-state index contributed by atoms with van der Waals surface area (Å²) in [6.07, 6.45) is 63.6. The van der Waals surface area contributed by atoms with Crippen molar-refractivity contribution in [3.63, 3.8) is 0 Å². The lowest BCUT2D eigenvalue weighted by Gasteiger charge is -2.19. The van der Waals surface area contributed by atoms with Gasteiger partial charge in [-0.1, -0.05) is 195 Å². The van der Waals surface area contributed by atoms with E-state index in [1.807, 2.05) is 6.08 Å². The standard InChI is InChI=1S/C48H81NO3/c1-3-5-7-9-11-13-15-17-19-20-21-22-23-24-25-26-27-28-30-32-34-36-38-40-42-44-48(52)49-46(45-50)47(51)43-41-39-37-35-33-31-29-18-16-14-12-10-8-6-4-2/h5,7,11,13,17,19,21-22,24-25,27-28,32,34,41,43,46-47,50-51H,3-4,6,8-10,12,14-16,18,20,23,26,29-31,33,35-40,42,44-45H2,1-2H3,(H,49,52)/b7-5-,13-11-,19-17-,22-21-,25-24-,28-27-,34-32-,43-41+. The Hall–Kier alpha value is -2.69. The number of unbranched alkanes of at least 4 members (excludes halogenated alkanes) is 16. The topological polar surface area (TPSA) is 69.6 Å². The Morgan fingerprint density at radius 1 is 0.481 bits per heavy atom. The Morgan fingerprint density at radius 3 is 1.27 bits per heavy atom. The van der Waals surface area contributed by atoms with Crippen LogP contribution in [0.25, 0.3) is 0 Å². The van der Waals surface area contributed by atoms with Gasteiger partial charge >= 0.3 is 0 Å². The molecule has 2 atom stereocenters. The summed E-state index contributed by atoms with van der Waals surface area (Å²) in [5, 5.41) is 23.0. The minimum atomic E-state index is -0.859. The zero-order valence-corrected chi connectivity index (χ0v) is 33.8. The second-order valence-electron chi connectivity index (χ2n) is 14.0. The van der Waals surface area contributed by atoms with Crippen molar-refractivity contribution in [2.45, 2.75) is 193 Å². The van der Waals surface area contributed by atoms with Crippen LogP contribution in [0.5, 0.6) is 0 Å². The zero-order valence-electron chi connectivity index (χ0n) is 33.8. The normalized spacial score (nSPS) is 14.0. The number of aliphatic hydroxyl groups is 2. The number of rotatable bonds is 37. The van der Waals surface area contributed by atoms with Gasteiger partial charge in [0, 0.05) is 6.42 Å². The summed E-state index contributed by atoms with van der Waals surface area (Å²) in [5.41, 5.74) is 0. The van der Waals surface area contributed by atoms with E-state index in [2.05, 4.69) is 104 Å². The Bertz CT molecular complexity index is 999. The van der Waals surface area contributed by atoms with Gasteiger partial charge in [0.2, 0.25) is 5.91 Å². The van der Waals surface area contributed by atoms with Crippen LogP contribution in [0.1, 0.15) is 181 Å². The van der Waals surface area contributed by atoms with E-state index >= 15 is 0 Å². The van der Waals surface area contributed by atoms with E-state index in [4.69, 9.17) is 0 Å². The fourth-order valence-electron chi connectivity index (χ4n) is 5.80. The van der Waals surface area contributed by atoms with E-state index in [9.17, 15) is 15.0 Å². The van der Waals surface area contributed by atoms with Crippen molar-refractivity contribution in [1.82, 2.24) is 5.32 Å². The average Bonchev–Trinajstić information content (AvgIpc) is 3.15. The van der Waals surface area contributed by atoms with Crippen molar-refractivity contribution in [3.8, 4) is 0 Å². The van der Waals surface area contributed by atoms with Gasteiger partial charge in [-0.2, -0.15) is 0 Å². The maximum Gasteiger partial charge on any atom is 0.220 e. The molecule has 0 saturated heterocycles.